The lowest BCUT2D eigenvalue weighted by molar-refractivity contribution is -0.116. The van der Waals surface area contributed by atoms with Gasteiger partial charge in [0.15, 0.2) is 0 Å². The summed E-state index contributed by atoms with van der Waals surface area (Å²) in [5.41, 5.74) is 0.651. The first-order valence-corrected chi connectivity index (χ1v) is 6.67. The van der Waals surface area contributed by atoms with Crippen molar-refractivity contribution in [1.82, 2.24) is 9.78 Å². The molecule has 106 valence electrons. The molecule has 0 saturated heterocycles. The second kappa shape index (κ2) is 6.63. The van der Waals surface area contributed by atoms with E-state index < -0.39 is 0 Å². The van der Waals surface area contributed by atoms with Gasteiger partial charge in [0.1, 0.15) is 10.8 Å². The van der Waals surface area contributed by atoms with Crippen molar-refractivity contribution >= 4 is 34.8 Å². The van der Waals surface area contributed by atoms with Crippen molar-refractivity contribution < 1.29 is 9.53 Å². The van der Waals surface area contributed by atoms with Crippen LogP contribution >= 0.6 is 23.2 Å². The maximum atomic E-state index is 11.7. The number of amides is 1. The fourth-order valence-electron chi connectivity index (χ4n) is 1.56. The predicted molar refractivity (Wildman–Crippen MR) is 78.4 cm³/mol. The lowest BCUT2D eigenvalue weighted by atomic mass is 10.3. The summed E-state index contributed by atoms with van der Waals surface area (Å²) < 4.78 is 7.04. The molecule has 0 aliphatic heterocycles. The highest BCUT2D eigenvalue weighted by Gasteiger charge is 2.07. The quantitative estimate of drug-likeness (QED) is 0.922. The van der Waals surface area contributed by atoms with Crippen LogP contribution in [-0.4, -0.2) is 22.3 Å². The summed E-state index contributed by atoms with van der Waals surface area (Å²) >= 11 is 11.8. The van der Waals surface area contributed by atoms with Gasteiger partial charge < -0.3 is 10.1 Å². The Bertz CT molecular complexity index is 613. The number of benzene rings is 1. The zero-order valence-corrected chi connectivity index (χ0v) is 12.3. The number of aryl methyl sites for hydroxylation is 1. The van der Waals surface area contributed by atoms with Crippen LogP contribution in [-0.2, 0) is 11.8 Å². The first-order chi connectivity index (χ1) is 9.56. The van der Waals surface area contributed by atoms with Crippen molar-refractivity contribution in [2.45, 2.75) is 6.42 Å². The average molecular weight is 314 g/mol. The van der Waals surface area contributed by atoms with Gasteiger partial charge in [-0.3, -0.25) is 9.48 Å². The number of nitrogens with zero attached hydrogens (tertiary/aromatic N) is 2. The topological polar surface area (TPSA) is 56.2 Å². The largest absolute Gasteiger partial charge is 0.491 e. The maximum absolute atomic E-state index is 11.7. The lowest BCUT2D eigenvalue weighted by Gasteiger charge is -2.08. The molecule has 7 heteroatoms. The van der Waals surface area contributed by atoms with Gasteiger partial charge in [0.05, 0.1) is 29.9 Å². The molecule has 0 bridgehead atoms. The van der Waals surface area contributed by atoms with Crippen molar-refractivity contribution in [3.05, 3.63) is 40.6 Å². The molecule has 0 aliphatic carbocycles. The molecular weight excluding hydrogens is 301 g/mol. The van der Waals surface area contributed by atoms with E-state index in [2.05, 4.69) is 10.4 Å². The molecule has 0 unspecified atom stereocenters. The number of ether oxygens (including phenoxy) is 1. The molecule has 1 heterocycles. The fraction of sp³-hybridized carbons (Fsp3) is 0.231. The zero-order chi connectivity index (χ0) is 14.5. The summed E-state index contributed by atoms with van der Waals surface area (Å²) in [7, 11) is 1.78. The van der Waals surface area contributed by atoms with Crippen LogP contribution in [0.3, 0.4) is 0 Å². The van der Waals surface area contributed by atoms with E-state index in [0.29, 0.717) is 21.5 Å². The number of nitrogens with one attached hydrogen (secondary N) is 1. The van der Waals surface area contributed by atoms with Crippen molar-refractivity contribution in [1.29, 1.82) is 0 Å². The van der Waals surface area contributed by atoms with Gasteiger partial charge in [-0.15, -0.1) is 0 Å². The summed E-state index contributed by atoms with van der Waals surface area (Å²) in [6.45, 7) is 0.214. The van der Waals surface area contributed by atoms with Gasteiger partial charge in [0, 0.05) is 13.2 Å². The molecular formula is C13H13Cl2N3O2. The molecule has 1 aromatic heterocycles. The number of halogens is 2. The minimum Gasteiger partial charge on any atom is -0.491 e. The number of anilines is 1. The zero-order valence-electron chi connectivity index (χ0n) is 10.8. The van der Waals surface area contributed by atoms with Crippen LogP contribution < -0.4 is 10.1 Å². The fourth-order valence-corrected chi connectivity index (χ4v) is 1.90. The van der Waals surface area contributed by atoms with Crippen LogP contribution in [0.5, 0.6) is 5.75 Å². The third-order valence-electron chi connectivity index (χ3n) is 2.49. The molecule has 2 aromatic rings. The van der Waals surface area contributed by atoms with Crippen LogP contribution in [0.25, 0.3) is 0 Å². The number of rotatable bonds is 5. The Morgan fingerprint density at radius 1 is 1.45 bits per heavy atom. The van der Waals surface area contributed by atoms with Crippen LogP contribution in [0.4, 0.5) is 5.69 Å². The first kappa shape index (κ1) is 14.7. The number of carbonyl (C=O) groups excluding carboxylic acids is 1. The molecule has 0 fully saturated rings. The van der Waals surface area contributed by atoms with Crippen molar-refractivity contribution in [2.75, 3.05) is 11.9 Å². The third-order valence-corrected chi connectivity index (χ3v) is 3.29. The summed E-state index contributed by atoms with van der Waals surface area (Å²) in [5.74, 6) is 0.310. The molecule has 0 saturated carbocycles. The minimum absolute atomic E-state index is 0.156. The van der Waals surface area contributed by atoms with Crippen LogP contribution in [0.2, 0.25) is 10.0 Å². The van der Waals surface area contributed by atoms with Crippen LogP contribution in [0.15, 0.2) is 30.6 Å². The van der Waals surface area contributed by atoms with Gasteiger partial charge in [-0.25, -0.2) is 0 Å². The monoisotopic (exact) mass is 313 g/mol. The predicted octanol–water partition coefficient (Wildman–Crippen LogP) is 3.13. The van der Waals surface area contributed by atoms with Crippen LogP contribution in [0.1, 0.15) is 6.42 Å². The molecule has 1 N–H and O–H groups in total. The normalized spacial score (nSPS) is 10.3. The Labute approximate surface area is 126 Å². The molecule has 0 radical (unpaired) electrons. The van der Waals surface area contributed by atoms with Gasteiger partial charge >= 0.3 is 0 Å². The van der Waals surface area contributed by atoms with E-state index in [9.17, 15) is 4.79 Å². The van der Waals surface area contributed by atoms with E-state index in [0.717, 1.165) is 0 Å². The molecule has 5 nitrogen and oxygen atoms in total. The third kappa shape index (κ3) is 3.88. The van der Waals surface area contributed by atoms with Crippen LogP contribution in [0, 0.1) is 0 Å². The van der Waals surface area contributed by atoms with Gasteiger partial charge in [-0.1, -0.05) is 29.3 Å². The molecule has 2 rings (SSSR count). The number of aromatic nitrogens is 2. The number of carbonyl (C=O) groups is 1. The van der Waals surface area contributed by atoms with E-state index in [4.69, 9.17) is 27.9 Å². The molecule has 1 amide bonds. The summed E-state index contributed by atoms with van der Waals surface area (Å²) in [6.07, 6.45) is 3.50. The average Bonchev–Trinajstić information content (AvgIpc) is 2.80. The minimum atomic E-state index is -0.156. The van der Waals surface area contributed by atoms with Gasteiger partial charge in [-0.05, 0) is 12.1 Å². The van der Waals surface area contributed by atoms with Crippen molar-refractivity contribution in [3.8, 4) is 5.75 Å². The van der Waals surface area contributed by atoms with E-state index in [1.54, 1.807) is 42.3 Å². The summed E-state index contributed by atoms with van der Waals surface area (Å²) in [5, 5.41) is 7.44. The number of hydrogen-bond acceptors (Lipinski definition) is 3. The molecule has 0 aliphatic rings. The SMILES string of the molecule is Cn1cc(NC(=O)CCOc2cccc(Cl)c2Cl)cn1. The van der Waals surface area contributed by atoms with Crippen molar-refractivity contribution in [3.63, 3.8) is 0 Å². The molecule has 1 aromatic carbocycles. The second-order valence-electron chi connectivity index (χ2n) is 4.10. The Hall–Kier alpha value is -1.72. The molecule has 20 heavy (non-hydrogen) atoms. The van der Waals surface area contributed by atoms with Gasteiger partial charge in [-0.2, -0.15) is 5.10 Å². The Morgan fingerprint density at radius 3 is 2.95 bits per heavy atom. The molecule has 0 spiro atoms. The Morgan fingerprint density at radius 2 is 2.25 bits per heavy atom. The van der Waals surface area contributed by atoms with E-state index in [1.165, 1.54) is 0 Å². The highest BCUT2D eigenvalue weighted by molar-refractivity contribution is 6.42. The summed E-state index contributed by atoms with van der Waals surface area (Å²) in [6, 6.07) is 5.11. The van der Waals surface area contributed by atoms with Gasteiger partial charge in [0.2, 0.25) is 5.91 Å². The van der Waals surface area contributed by atoms with Gasteiger partial charge in [0.25, 0.3) is 0 Å². The highest BCUT2D eigenvalue weighted by atomic mass is 35.5. The first-order valence-electron chi connectivity index (χ1n) is 5.91. The highest BCUT2D eigenvalue weighted by Crippen LogP contribution is 2.31. The van der Waals surface area contributed by atoms with E-state index in [-0.39, 0.29) is 18.9 Å². The smallest absolute Gasteiger partial charge is 0.227 e. The molecule has 0 atom stereocenters. The second-order valence-corrected chi connectivity index (χ2v) is 4.89. The lowest BCUT2D eigenvalue weighted by Crippen LogP contribution is -2.14. The number of hydrogen-bond donors (Lipinski definition) is 1. The summed E-state index contributed by atoms with van der Waals surface area (Å²) in [4.78, 5) is 11.7. The maximum Gasteiger partial charge on any atom is 0.227 e. The van der Waals surface area contributed by atoms with Crippen molar-refractivity contribution in [2.24, 2.45) is 7.05 Å². The van der Waals surface area contributed by atoms with E-state index >= 15 is 0 Å². The standard InChI is InChI=1S/C13H13Cl2N3O2/c1-18-8-9(7-16-18)17-12(19)5-6-20-11-4-2-3-10(14)13(11)15/h2-4,7-8H,5-6H2,1H3,(H,17,19). The Balaban J connectivity index is 1.81. The Kier molecular flexibility index (Phi) is 4.87. The van der Waals surface area contributed by atoms with E-state index in [1.807, 2.05) is 0 Å².